The van der Waals surface area contributed by atoms with Gasteiger partial charge in [-0.2, -0.15) is 0 Å². The number of hydrogen-bond acceptors (Lipinski definition) is 2. The number of unbranched alkanes of at least 4 members (excludes halogenated alkanes) is 1. The van der Waals surface area contributed by atoms with E-state index in [1.807, 2.05) is 0 Å². The molecule has 0 aromatic carbocycles. The van der Waals surface area contributed by atoms with Gasteiger partial charge in [0.2, 0.25) is 0 Å². The molecule has 1 heterocycles. The maximum absolute atomic E-state index is 11.6. The van der Waals surface area contributed by atoms with E-state index in [2.05, 4.69) is 6.92 Å². The molecule has 0 fully saturated rings. The van der Waals surface area contributed by atoms with Gasteiger partial charge in [-0.25, -0.2) is 4.79 Å². The van der Waals surface area contributed by atoms with Crippen LogP contribution in [0, 0.1) is 0 Å². The summed E-state index contributed by atoms with van der Waals surface area (Å²) in [4.78, 5) is 21.9. The van der Waals surface area contributed by atoms with Gasteiger partial charge in [-0.1, -0.05) is 13.3 Å². The number of nitrogens with zero attached hydrogens (tertiary/aromatic N) is 1. The normalized spacial score (nSPS) is 10.8. The summed E-state index contributed by atoms with van der Waals surface area (Å²) in [5, 5.41) is 8.44. The van der Waals surface area contributed by atoms with E-state index in [4.69, 9.17) is 5.11 Å². The van der Waals surface area contributed by atoms with Gasteiger partial charge in [-0.05, 0) is 24.1 Å². The second-order valence-corrected chi connectivity index (χ2v) is 3.52. The lowest BCUT2D eigenvalue weighted by Crippen LogP contribution is -2.18. The zero-order chi connectivity index (χ0) is 12.0. The topological polar surface area (TPSA) is 59.3 Å². The van der Waals surface area contributed by atoms with Gasteiger partial charge in [0.1, 0.15) is 0 Å². The second kappa shape index (κ2) is 5.90. The summed E-state index contributed by atoms with van der Waals surface area (Å²) in [5.41, 5.74) is 0.515. The van der Waals surface area contributed by atoms with E-state index in [0.29, 0.717) is 12.1 Å². The second-order valence-electron chi connectivity index (χ2n) is 3.52. The number of carbonyl (C=O) groups is 1. The summed E-state index contributed by atoms with van der Waals surface area (Å²) >= 11 is 0. The minimum Gasteiger partial charge on any atom is -0.478 e. The third-order valence-electron chi connectivity index (χ3n) is 2.19. The summed E-state index contributed by atoms with van der Waals surface area (Å²) < 4.78 is 1.63. The Balaban J connectivity index is 2.82. The van der Waals surface area contributed by atoms with Crippen LogP contribution in [0.3, 0.4) is 0 Å². The fraction of sp³-hybridized carbons (Fsp3) is 0.333. The monoisotopic (exact) mass is 221 g/mol. The zero-order valence-corrected chi connectivity index (χ0v) is 9.22. The van der Waals surface area contributed by atoms with E-state index >= 15 is 0 Å². The Kier molecular flexibility index (Phi) is 4.51. The highest BCUT2D eigenvalue weighted by Crippen LogP contribution is 1.99. The Morgan fingerprint density at radius 2 is 2.31 bits per heavy atom. The highest BCUT2D eigenvalue weighted by molar-refractivity contribution is 5.85. The Bertz CT molecular complexity index is 446. The molecule has 4 heteroatoms. The molecule has 0 aliphatic rings. The van der Waals surface area contributed by atoms with Gasteiger partial charge >= 0.3 is 5.97 Å². The molecule has 1 rings (SSSR count). The molecule has 0 bridgehead atoms. The average molecular weight is 221 g/mol. The molecule has 0 saturated heterocycles. The minimum absolute atomic E-state index is 0.0963. The molecular formula is C12H15NO3. The van der Waals surface area contributed by atoms with Crippen molar-refractivity contribution in [1.29, 1.82) is 0 Å². The third kappa shape index (κ3) is 3.73. The smallest absolute Gasteiger partial charge is 0.328 e. The lowest BCUT2D eigenvalue weighted by molar-refractivity contribution is -0.131. The van der Waals surface area contributed by atoms with Crippen LogP contribution in [0.2, 0.25) is 0 Å². The van der Waals surface area contributed by atoms with Gasteiger partial charge < -0.3 is 9.67 Å². The van der Waals surface area contributed by atoms with Crippen molar-refractivity contribution >= 4 is 12.0 Å². The van der Waals surface area contributed by atoms with Crippen molar-refractivity contribution in [1.82, 2.24) is 4.57 Å². The maximum Gasteiger partial charge on any atom is 0.328 e. The van der Waals surface area contributed by atoms with Crippen LogP contribution in [0.15, 0.2) is 29.2 Å². The number of rotatable bonds is 5. The predicted molar refractivity (Wildman–Crippen MR) is 62.3 cm³/mol. The Hall–Kier alpha value is -1.84. The maximum atomic E-state index is 11.6. The molecule has 4 nitrogen and oxygen atoms in total. The molecular weight excluding hydrogens is 206 g/mol. The molecule has 0 radical (unpaired) electrons. The molecule has 0 aliphatic carbocycles. The van der Waals surface area contributed by atoms with Gasteiger partial charge in [0.25, 0.3) is 5.56 Å². The first-order valence-electron chi connectivity index (χ1n) is 5.25. The van der Waals surface area contributed by atoms with E-state index in [1.165, 1.54) is 12.1 Å². The molecule has 0 unspecified atom stereocenters. The summed E-state index contributed by atoms with van der Waals surface area (Å²) in [7, 11) is 0. The molecule has 0 saturated carbocycles. The van der Waals surface area contributed by atoms with Crippen molar-refractivity contribution < 1.29 is 9.90 Å². The molecule has 16 heavy (non-hydrogen) atoms. The Morgan fingerprint density at radius 1 is 1.56 bits per heavy atom. The fourth-order valence-electron chi connectivity index (χ4n) is 1.31. The predicted octanol–water partition coefficient (Wildman–Crippen LogP) is 1.75. The van der Waals surface area contributed by atoms with Crippen LogP contribution in [0.5, 0.6) is 0 Å². The van der Waals surface area contributed by atoms with E-state index in [9.17, 15) is 9.59 Å². The first kappa shape index (κ1) is 12.2. The zero-order valence-electron chi connectivity index (χ0n) is 9.22. The lowest BCUT2D eigenvalue weighted by atomic mass is 10.2. The highest BCUT2D eigenvalue weighted by atomic mass is 16.4. The van der Waals surface area contributed by atoms with E-state index < -0.39 is 5.97 Å². The Morgan fingerprint density at radius 3 is 2.88 bits per heavy atom. The number of carboxylic acids is 1. The number of aryl methyl sites for hydroxylation is 1. The standard InChI is InChI=1S/C12H15NO3/c1-2-3-7-13-8-6-10(9-11(13)14)4-5-12(15)16/h4-6,8-9H,2-3,7H2,1H3,(H,15,16)/b5-4+. The molecule has 1 N–H and O–H groups in total. The molecule has 1 aromatic rings. The summed E-state index contributed by atoms with van der Waals surface area (Å²) in [6, 6.07) is 3.17. The molecule has 0 spiro atoms. The van der Waals surface area contributed by atoms with Gasteiger partial charge in [-0.3, -0.25) is 4.79 Å². The van der Waals surface area contributed by atoms with Gasteiger partial charge in [-0.15, -0.1) is 0 Å². The summed E-state index contributed by atoms with van der Waals surface area (Å²) in [5.74, 6) is -1.02. The molecule has 1 aromatic heterocycles. The van der Waals surface area contributed by atoms with E-state index in [0.717, 1.165) is 18.9 Å². The van der Waals surface area contributed by atoms with Crippen LogP contribution in [-0.2, 0) is 11.3 Å². The minimum atomic E-state index is -1.02. The number of aliphatic carboxylic acids is 1. The summed E-state index contributed by atoms with van der Waals surface area (Å²) in [6.07, 6.45) is 6.12. The highest BCUT2D eigenvalue weighted by Gasteiger charge is 1.96. The van der Waals surface area contributed by atoms with Crippen molar-refractivity contribution in [3.8, 4) is 0 Å². The first-order valence-corrected chi connectivity index (χ1v) is 5.25. The van der Waals surface area contributed by atoms with Crippen molar-refractivity contribution in [3.63, 3.8) is 0 Å². The van der Waals surface area contributed by atoms with Crippen LogP contribution in [0.4, 0.5) is 0 Å². The molecule has 0 aliphatic heterocycles. The SMILES string of the molecule is CCCCn1ccc(/C=C/C(=O)O)cc1=O. The van der Waals surface area contributed by atoms with E-state index in [1.54, 1.807) is 16.8 Å². The van der Waals surface area contributed by atoms with Crippen LogP contribution >= 0.6 is 0 Å². The van der Waals surface area contributed by atoms with Crippen LogP contribution in [-0.4, -0.2) is 15.6 Å². The quantitative estimate of drug-likeness (QED) is 0.770. The van der Waals surface area contributed by atoms with Crippen LogP contribution in [0.25, 0.3) is 6.08 Å². The van der Waals surface area contributed by atoms with Crippen molar-refractivity contribution in [3.05, 3.63) is 40.3 Å². The number of pyridine rings is 1. The fourth-order valence-corrected chi connectivity index (χ4v) is 1.31. The molecule has 0 atom stereocenters. The lowest BCUT2D eigenvalue weighted by Gasteiger charge is -2.03. The largest absolute Gasteiger partial charge is 0.478 e. The third-order valence-corrected chi connectivity index (χ3v) is 2.19. The van der Waals surface area contributed by atoms with Gasteiger partial charge in [0.05, 0.1) is 0 Å². The number of hydrogen-bond donors (Lipinski definition) is 1. The Labute approximate surface area is 93.8 Å². The number of carboxylic acid groups (broad SMARTS) is 1. The molecule has 0 amide bonds. The first-order chi connectivity index (χ1) is 7.63. The van der Waals surface area contributed by atoms with Crippen molar-refractivity contribution in [2.45, 2.75) is 26.3 Å². The van der Waals surface area contributed by atoms with Crippen molar-refractivity contribution in [2.75, 3.05) is 0 Å². The van der Waals surface area contributed by atoms with E-state index in [-0.39, 0.29) is 5.56 Å². The van der Waals surface area contributed by atoms with Crippen LogP contribution in [0.1, 0.15) is 25.3 Å². The molecule has 86 valence electrons. The van der Waals surface area contributed by atoms with Gasteiger partial charge in [0.15, 0.2) is 0 Å². The van der Waals surface area contributed by atoms with Gasteiger partial charge in [0, 0.05) is 24.9 Å². The number of aromatic nitrogens is 1. The van der Waals surface area contributed by atoms with Crippen LogP contribution < -0.4 is 5.56 Å². The van der Waals surface area contributed by atoms with Crippen molar-refractivity contribution in [2.24, 2.45) is 0 Å². The summed E-state index contributed by atoms with van der Waals surface area (Å²) in [6.45, 7) is 2.77. The average Bonchev–Trinajstić information content (AvgIpc) is 2.25.